The molecule has 82 valence electrons. The molecule has 0 amide bonds. The average molecular weight is 218 g/mol. The van der Waals surface area contributed by atoms with Crippen molar-refractivity contribution in [1.82, 2.24) is 4.90 Å². The predicted octanol–water partition coefficient (Wildman–Crippen LogP) is 0.871. The molecule has 14 heavy (non-hydrogen) atoms. The van der Waals surface area contributed by atoms with Crippen LogP contribution in [0.5, 0.6) is 0 Å². The third-order valence-corrected chi connectivity index (χ3v) is 2.19. The van der Waals surface area contributed by atoms with Crippen LogP contribution < -0.4 is 0 Å². The lowest BCUT2D eigenvalue weighted by Crippen LogP contribution is -2.23. The normalized spacial score (nSPS) is 12.9. The SMILES string of the molecule is COC(=O)[C@H](CCSC)N=CN(C)C. The van der Waals surface area contributed by atoms with Gasteiger partial charge in [0.05, 0.1) is 13.4 Å². The van der Waals surface area contributed by atoms with Crippen molar-refractivity contribution < 1.29 is 9.53 Å². The first kappa shape index (κ1) is 13.3. The Bertz CT molecular complexity index is 195. The lowest BCUT2D eigenvalue weighted by Gasteiger charge is -2.10. The van der Waals surface area contributed by atoms with Gasteiger partial charge in [-0.05, 0) is 18.4 Å². The first-order valence-electron chi connectivity index (χ1n) is 4.38. The fourth-order valence-electron chi connectivity index (χ4n) is 0.833. The van der Waals surface area contributed by atoms with Gasteiger partial charge in [-0.15, -0.1) is 0 Å². The van der Waals surface area contributed by atoms with Gasteiger partial charge < -0.3 is 9.64 Å². The molecular formula is C9H18N2O2S. The average Bonchev–Trinajstić information content (AvgIpc) is 2.16. The van der Waals surface area contributed by atoms with E-state index < -0.39 is 0 Å². The zero-order valence-electron chi connectivity index (χ0n) is 9.19. The summed E-state index contributed by atoms with van der Waals surface area (Å²) in [5, 5.41) is 0. The summed E-state index contributed by atoms with van der Waals surface area (Å²) < 4.78 is 4.66. The maximum absolute atomic E-state index is 11.3. The second-order valence-corrected chi connectivity index (χ2v) is 4.03. The second kappa shape index (κ2) is 7.67. The summed E-state index contributed by atoms with van der Waals surface area (Å²) in [6, 6.07) is -0.366. The summed E-state index contributed by atoms with van der Waals surface area (Å²) in [4.78, 5) is 17.2. The van der Waals surface area contributed by atoms with Crippen LogP contribution in [-0.4, -0.2) is 56.5 Å². The van der Waals surface area contributed by atoms with E-state index in [9.17, 15) is 4.79 Å². The van der Waals surface area contributed by atoms with E-state index in [0.29, 0.717) is 0 Å². The molecule has 0 aliphatic rings. The highest BCUT2D eigenvalue weighted by molar-refractivity contribution is 7.98. The molecule has 0 saturated carbocycles. The van der Waals surface area contributed by atoms with Gasteiger partial charge >= 0.3 is 5.97 Å². The monoisotopic (exact) mass is 218 g/mol. The van der Waals surface area contributed by atoms with Gasteiger partial charge in [0.25, 0.3) is 0 Å². The van der Waals surface area contributed by atoms with Crippen LogP contribution in [0.4, 0.5) is 0 Å². The van der Waals surface area contributed by atoms with Crippen molar-refractivity contribution in [2.75, 3.05) is 33.2 Å². The van der Waals surface area contributed by atoms with E-state index in [1.807, 2.05) is 20.4 Å². The maximum Gasteiger partial charge on any atom is 0.330 e. The first-order chi connectivity index (χ1) is 6.61. The number of hydrogen-bond donors (Lipinski definition) is 0. The second-order valence-electron chi connectivity index (χ2n) is 3.05. The topological polar surface area (TPSA) is 41.9 Å². The van der Waals surface area contributed by atoms with Crippen molar-refractivity contribution in [3.63, 3.8) is 0 Å². The molecule has 0 radical (unpaired) electrons. The molecule has 0 rings (SSSR count). The number of thioether (sulfide) groups is 1. The first-order valence-corrected chi connectivity index (χ1v) is 5.77. The van der Waals surface area contributed by atoms with Crippen LogP contribution in [0.25, 0.3) is 0 Å². The van der Waals surface area contributed by atoms with E-state index in [-0.39, 0.29) is 12.0 Å². The molecular weight excluding hydrogens is 200 g/mol. The lowest BCUT2D eigenvalue weighted by atomic mass is 10.2. The van der Waals surface area contributed by atoms with Gasteiger partial charge in [-0.25, -0.2) is 4.79 Å². The van der Waals surface area contributed by atoms with Crippen LogP contribution in [0.3, 0.4) is 0 Å². The van der Waals surface area contributed by atoms with Gasteiger partial charge in [0, 0.05) is 14.1 Å². The van der Waals surface area contributed by atoms with E-state index in [1.165, 1.54) is 7.11 Å². The zero-order valence-corrected chi connectivity index (χ0v) is 10.0. The minimum Gasteiger partial charge on any atom is -0.467 e. The van der Waals surface area contributed by atoms with E-state index in [4.69, 9.17) is 0 Å². The molecule has 0 aromatic carbocycles. The lowest BCUT2D eigenvalue weighted by molar-refractivity contribution is -0.142. The third kappa shape index (κ3) is 5.85. The molecule has 1 atom stereocenters. The van der Waals surface area contributed by atoms with Gasteiger partial charge in [-0.2, -0.15) is 11.8 Å². The molecule has 0 unspecified atom stereocenters. The van der Waals surface area contributed by atoms with E-state index in [1.54, 1.807) is 23.0 Å². The Balaban J connectivity index is 4.17. The number of aliphatic imine (C=N–C) groups is 1. The molecule has 4 nitrogen and oxygen atoms in total. The molecule has 0 bridgehead atoms. The minimum absolute atomic E-state index is 0.267. The summed E-state index contributed by atoms with van der Waals surface area (Å²) in [6.45, 7) is 0. The Hall–Kier alpha value is -0.710. The number of ether oxygens (including phenoxy) is 1. The van der Waals surface area contributed by atoms with Crippen molar-refractivity contribution in [3.8, 4) is 0 Å². The number of hydrogen-bond acceptors (Lipinski definition) is 4. The number of carbonyl (C=O) groups excluding carboxylic acids is 1. The molecule has 5 heteroatoms. The Morgan fingerprint density at radius 3 is 2.71 bits per heavy atom. The number of rotatable bonds is 6. The fourth-order valence-corrected chi connectivity index (χ4v) is 1.29. The van der Waals surface area contributed by atoms with Crippen molar-refractivity contribution in [3.05, 3.63) is 0 Å². The van der Waals surface area contributed by atoms with E-state index in [0.717, 1.165) is 12.2 Å². The van der Waals surface area contributed by atoms with Gasteiger partial charge in [0.15, 0.2) is 0 Å². The van der Waals surface area contributed by atoms with Gasteiger partial charge in [-0.1, -0.05) is 0 Å². The molecule has 0 aliphatic heterocycles. The smallest absolute Gasteiger partial charge is 0.330 e. The number of carbonyl (C=O) groups is 1. The van der Waals surface area contributed by atoms with E-state index in [2.05, 4.69) is 9.73 Å². The maximum atomic E-state index is 11.3. The highest BCUT2D eigenvalue weighted by Crippen LogP contribution is 2.05. The largest absolute Gasteiger partial charge is 0.467 e. The van der Waals surface area contributed by atoms with Crippen LogP contribution >= 0.6 is 11.8 Å². The summed E-state index contributed by atoms with van der Waals surface area (Å²) in [7, 11) is 5.12. The number of esters is 1. The highest BCUT2D eigenvalue weighted by Gasteiger charge is 2.16. The van der Waals surface area contributed by atoms with E-state index >= 15 is 0 Å². The molecule has 0 aromatic rings. The van der Waals surface area contributed by atoms with Crippen LogP contribution in [-0.2, 0) is 9.53 Å². The Kier molecular flexibility index (Phi) is 7.28. The van der Waals surface area contributed by atoms with Gasteiger partial charge in [0.2, 0.25) is 0 Å². The van der Waals surface area contributed by atoms with Crippen molar-refractivity contribution in [2.45, 2.75) is 12.5 Å². The van der Waals surface area contributed by atoms with Crippen LogP contribution in [0.15, 0.2) is 4.99 Å². The number of methoxy groups -OCH3 is 1. The highest BCUT2D eigenvalue weighted by atomic mass is 32.2. The Labute approximate surface area is 89.7 Å². The van der Waals surface area contributed by atoms with Crippen molar-refractivity contribution in [2.24, 2.45) is 4.99 Å². The summed E-state index contributed by atoms with van der Waals surface area (Å²) in [5.74, 6) is 0.641. The molecule has 0 aliphatic carbocycles. The minimum atomic E-state index is -0.366. The Morgan fingerprint density at radius 2 is 2.29 bits per heavy atom. The van der Waals surface area contributed by atoms with Gasteiger partial charge in [-0.3, -0.25) is 4.99 Å². The summed E-state index contributed by atoms with van der Waals surface area (Å²) in [6.07, 6.45) is 4.37. The quantitative estimate of drug-likeness (QED) is 0.377. The van der Waals surface area contributed by atoms with Crippen LogP contribution in [0.2, 0.25) is 0 Å². The third-order valence-electron chi connectivity index (χ3n) is 1.55. The van der Waals surface area contributed by atoms with Crippen LogP contribution in [0, 0.1) is 0 Å². The summed E-state index contributed by atoms with van der Waals surface area (Å²) >= 11 is 1.70. The molecule has 0 saturated heterocycles. The van der Waals surface area contributed by atoms with Crippen LogP contribution in [0.1, 0.15) is 6.42 Å². The molecule has 0 aromatic heterocycles. The molecule has 0 fully saturated rings. The zero-order chi connectivity index (χ0) is 11.0. The Morgan fingerprint density at radius 1 is 1.64 bits per heavy atom. The molecule has 0 N–H and O–H groups in total. The van der Waals surface area contributed by atoms with Crippen molar-refractivity contribution in [1.29, 1.82) is 0 Å². The molecule has 0 spiro atoms. The standard InChI is InChI=1S/C9H18N2O2S/c1-11(2)7-10-8(5-6-14-4)9(12)13-3/h7-8H,5-6H2,1-4H3/t8-/m0/s1. The number of nitrogens with zero attached hydrogens (tertiary/aromatic N) is 2. The predicted molar refractivity (Wildman–Crippen MR) is 61.0 cm³/mol. The fraction of sp³-hybridized carbons (Fsp3) is 0.778. The van der Waals surface area contributed by atoms with Crippen molar-refractivity contribution >= 4 is 24.1 Å². The molecule has 0 heterocycles. The summed E-state index contributed by atoms with van der Waals surface area (Å²) in [5.41, 5.74) is 0. The van der Waals surface area contributed by atoms with Gasteiger partial charge in [0.1, 0.15) is 6.04 Å².